The van der Waals surface area contributed by atoms with Gasteiger partial charge in [0, 0.05) is 35.9 Å². The van der Waals surface area contributed by atoms with Crippen molar-refractivity contribution in [2.75, 3.05) is 11.1 Å². The van der Waals surface area contributed by atoms with Crippen LogP contribution in [0.3, 0.4) is 0 Å². The Morgan fingerprint density at radius 1 is 0.661 bits per heavy atom. The monoisotopic (exact) mass is 818 g/mol. The average molecular weight is 819 g/mol. The number of aromatic nitrogens is 10. The summed E-state index contributed by atoms with van der Waals surface area (Å²) >= 11 is 0. The second-order valence-corrected chi connectivity index (χ2v) is 11.4. The second-order valence-electron chi connectivity index (χ2n) is 11.4. The lowest BCUT2D eigenvalue weighted by molar-refractivity contribution is -0.275. The number of nitrogens with two attached hydrogens (primary N) is 1. The third-order valence-electron chi connectivity index (χ3n) is 7.42. The highest BCUT2D eigenvalue weighted by Gasteiger charge is 2.33. The van der Waals surface area contributed by atoms with Crippen LogP contribution in [-0.4, -0.2) is 78.8 Å². The van der Waals surface area contributed by atoms with Crippen LogP contribution in [0.1, 0.15) is 20.7 Å². The van der Waals surface area contributed by atoms with Crippen molar-refractivity contribution in [3.63, 3.8) is 0 Å². The van der Waals surface area contributed by atoms with E-state index in [-0.39, 0.29) is 50.8 Å². The third-order valence-corrected chi connectivity index (χ3v) is 7.42. The fourth-order valence-corrected chi connectivity index (χ4v) is 4.98. The van der Waals surface area contributed by atoms with Gasteiger partial charge in [-0.05, 0) is 48.5 Å². The smallest absolute Gasteiger partial charge is 0.477 e. The Bertz CT molecular complexity index is 2710. The van der Waals surface area contributed by atoms with Crippen molar-refractivity contribution in [3.8, 4) is 34.0 Å². The molecule has 6 heterocycles. The lowest BCUT2D eigenvalue weighted by atomic mass is 10.1. The van der Waals surface area contributed by atoms with Crippen molar-refractivity contribution in [2.45, 2.75) is 12.7 Å². The number of carboxylic acids is 1. The Hall–Kier alpha value is -8.24. The van der Waals surface area contributed by atoms with Crippen LogP contribution in [0.2, 0.25) is 0 Å². The second kappa shape index (κ2) is 17.3. The molecule has 0 saturated heterocycles. The van der Waals surface area contributed by atoms with E-state index in [2.05, 4.69) is 54.9 Å². The van der Waals surface area contributed by atoms with Gasteiger partial charge in [0.05, 0.1) is 23.8 Å². The highest BCUT2D eigenvalue weighted by Crippen LogP contribution is 2.34. The number of para-hydroxylation sites is 2. The quantitative estimate of drug-likeness (QED) is 0.148. The van der Waals surface area contributed by atoms with Crippen molar-refractivity contribution >= 4 is 34.8 Å². The minimum Gasteiger partial charge on any atom is -0.477 e. The van der Waals surface area contributed by atoms with Gasteiger partial charge in [0.25, 0.3) is 5.91 Å². The molecular weight excluding hydrogens is 794 g/mol. The number of rotatable bonds is 7. The van der Waals surface area contributed by atoms with Crippen molar-refractivity contribution in [2.24, 2.45) is 0 Å². The molecule has 0 saturated carbocycles. The topological polar surface area (TPSA) is 223 Å². The first-order valence-electron chi connectivity index (χ1n) is 16.4. The van der Waals surface area contributed by atoms with Gasteiger partial charge in [0.1, 0.15) is 46.9 Å². The molecule has 8 rings (SSSR count). The van der Waals surface area contributed by atoms with Gasteiger partial charge in [-0.15, -0.1) is 26.3 Å². The average Bonchev–Trinajstić information content (AvgIpc) is 3.83. The van der Waals surface area contributed by atoms with Crippen molar-refractivity contribution in [1.29, 1.82) is 0 Å². The lowest BCUT2D eigenvalue weighted by Gasteiger charge is -2.13. The number of alkyl halides is 6. The van der Waals surface area contributed by atoms with E-state index < -0.39 is 36.1 Å². The van der Waals surface area contributed by atoms with Crippen LogP contribution in [0.25, 0.3) is 33.8 Å². The number of fused-ring (bicyclic) bond motifs is 2. The summed E-state index contributed by atoms with van der Waals surface area (Å²) in [6.07, 6.45) is 1.39. The number of nitrogens with one attached hydrogen (secondary N) is 1. The molecule has 0 unspecified atom stereocenters. The largest absolute Gasteiger partial charge is 0.573 e. The number of halogens is 6. The maximum atomic E-state index is 12.7. The van der Waals surface area contributed by atoms with Crippen LogP contribution in [0.4, 0.5) is 38.0 Å². The number of hydrogen-bond donors (Lipinski definition) is 3. The molecular formula is C36H24F6N12O5. The molecule has 0 atom stereocenters. The van der Waals surface area contributed by atoms with Crippen molar-refractivity contribution in [1.82, 2.24) is 49.1 Å². The molecule has 0 aliphatic carbocycles. The number of nitrogens with zero attached hydrogens (tertiary/aromatic N) is 10. The molecule has 4 N–H and O–H groups in total. The first kappa shape index (κ1) is 40.4. The zero-order chi connectivity index (χ0) is 42.2. The van der Waals surface area contributed by atoms with E-state index in [1.807, 2.05) is 0 Å². The van der Waals surface area contributed by atoms with Gasteiger partial charge in [-0.1, -0.05) is 24.3 Å². The summed E-state index contributed by atoms with van der Waals surface area (Å²) in [6.45, 7) is 0. The van der Waals surface area contributed by atoms with Gasteiger partial charge in [0.15, 0.2) is 11.3 Å². The molecule has 0 aliphatic heterocycles. The van der Waals surface area contributed by atoms with Gasteiger partial charge in [-0.3, -0.25) is 4.79 Å². The summed E-state index contributed by atoms with van der Waals surface area (Å²) in [4.78, 5) is 47.0. The lowest BCUT2D eigenvalue weighted by Crippen LogP contribution is -2.17. The van der Waals surface area contributed by atoms with E-state index >= 15 is 0 Å². The summed E-state index contributed by atoms with van der Waals surface area (Å²) in [5.74, 6) is -1.79. The first-order chi connectivity index (χ1) is 28.1. The normalized spacial score (nSPS) is 11.2. The summed E-state index contributed by atoms with van der Waals surface area (Å²) in [6, 6.07) is 17.1. The fourth-order valence-electron chi connectivity index (χ4n) is 4.98. The highest BCUT2D eigenvalue weighted by molar-refractivity contribution is 6.07. The predicted octanol–water partition coefficient (Wildman–Crippen LogP) is 6.39. The van der Waals surface area contributed by atoms with E-state index in [1.165, 1.54) is 101 Å². The molecule has 1 amide bonds. The Balaban J connectivity index is 0.000000173. The molecule has 0 aliphatic rings. The first-order valence-corrected chi connectivity index (χ1v) is 16.4. The maximum absolute atomic E-state index is 12.7. The summed E-state index contributed by atoms with van der Waals surface area (Å²) in [7, 11) is 0. The van der Waals surface area contributed by atoms with Crippen LogP contribution in [-0.2, 0) is 0 Å². The summed E-state index contributed by atoms with van der Waals surface area (Å²) in [5.41, 5.74) is 5.90. The van der Waals surface area contributed by atoms with E-state index in [4.69, 9.17) is 10.8 Å². The van der Waals surface area contributed by atoms with Gasteiger partial charge in [0.2, 0.25) is 0 Å². The van der Waals surface area contributed by atoms with Crippen molar-refractivity contribution in [3.05, 3.63) is 134 Å². The van der Waals surface area contributed by atoms with Crippen molar-refractivity contribution < 1.29 is 50.5 Å². The predicted molar refractivity (Wildman–Crippen MR) is 194 cm³/mol. The van der Waals surface area contributed by atoms with E-state index in [1.54, 1.807) is 18.3 Å². The van der Waals surface area contributed by atoms with E-state index in [0.717, 1.165) is 12.3 Å². The number of nitrogen functional groups attached to an aromatic ring is 1. The SMILES string of the molecule is Nc1ccncn1.O=C(Nc1ccncn1)c1cnn2ccc(-c3ccccc3OC(F)(F)F)nc12.O=C(O)c1cnn2ccc(-c3ccccc3OC(F)(F)F)nc12. The molecule has 0 radical (unpaired) electrons. The van der Waals surface area contributed by atoms with Crippen LogP contribution in [0, 0.1) is 0 Å². The molecule has 0 fully saturated rings. The zero-order valence-corrected chi connectivity index (χ0v) is 29.4. The number of carbonyl (C=O) groups excluding carboxylic acids is 1. The molecule has 0 bridgehead atoms. The minimum absolute atomic E-state index is 0.0248. The molecule has 0 spiro atoms. The molecule has 2 aromatic carbocycles. The Kier molecular flexibility index (Phi) is 11.8. The maximum Gasteiger partial charge on any atom is 0.573 e. The number of carbonyl (C=O) groups is 2. The minimum atomic E-state index is -4.85. The van der Waals surface area contributed by atoms with Gasteiger partial charge in [-0.2, -0.15) is 10.2 Å². The number of hydrogen-bond acceptors (Lipinski definition) is 13. The number of carboxylic acid groups (broad SMARTS) is 1. The molecule has 23 heteroatoms. The molecule has 6 aromatic heterocycles. The summed E-state index contributed by atoms with van der Waals surface area (Å²) < 4.78 is 86.1. The summed E-state index contributed by atoms with van der Waals surface area (Å²) in [5, 5.41) is 19.5. The number of ether oxygens (including phenoxy) is 2. The number of amides is 1. The van der Waals surface area contributed by atoms with Crippen LogP contribution >= 0.6 is 0 Å². The van der Waals surface area contributed by atoms with Crippen LogP contribution in [0.15, 0.2) is 123 Å². The van der Waals surface area contributed by atoms with Gasteiger partial charge in [-0.25, -0.2) is 43.7 Å². The molecule has 59 heavy (non-hydrogen) atoms. The molecule has 300 valence electrons. The molecule has 8 aromatic rings. The van der Waals surface area contributed by atoms with Gasteiger partial charge >= 0.3 is 18.7 Å². The Morgan fingerprint density at radius 2 is 1.15 bits per heavy atom. The molecule has 17 nitrogen and oxygen atoms in total. The third kappa shape index (κ3) is 10.5. The van der Waals surface area contributed by atoms with E-state index in [0.29, 0.717) is 5.82 Å². The van der Waals surface area contributed by atoms with Crippen LogP contribution < -0.4 is 20.5 Å². The number of anilines is 2. The highest BCUT2D eigenvalue weighted by atomic mass is 19.4. The number of benzene rings is 2. The van der Waals surface area contributed by atoms with Gasteiger partial charge < -0.3 is 25.6 Å². The Morgan fingerprint density at radius 3 is 1.59 bits per heavy atom. The van der Waals surface area contributed by atoms with Crippen LogP contribution in [0.5, 0.6) is 11.5 Å². The number of aromatic carboxylic acids is 1. The zero-order valence-electron chi connectivity index (χ0n) is 29.4. The fraction of sp³-hybridized carbons (Fsp3) is 0.0556. The Labute approximate surface area is 325 Å². The standard InChI is InChI=1S/C18H11F3N6O2.C14H8F3N3O3.C4H5N3/c19-18(20,21)29-14-4-2-1-3-11(14)13-6-8-27-16(25-13)12(9-24-27)17(28)26-15-5-7-22-10-23-15;15-14(16,17)23-11-4-2-1-3-8(11)10-5-6-20-12(19-10)9(7-18-20)13(21)22;5-4-1-2-6-3-7-4/h1-10H,(H,22,23,26,28);1-7H,(H,21,22);1-3H,(H2,5,6,7). The van der Waals surface area contributed by atoms with E-state index in [9.17, 15) is 35.9 Å².